The lowest BCUT2D eigenvalue weighted by atomic mass is 9.31. The summed E-state index contributed by atoms with van der Waals surface area (Å²) >= 11 is 0. The molecule has 3 aliphatic rings. The van der Waals surface area contributed by atoms with Crippen LogP contribution in [0.15, 0.2) is 152 Å². The molecule has 0 amide bonds. The van der Waals surface area contributed by atoms with Crippen LogP contribution in [0.1, 0.15) is 70.3 Å². The predicted octanol–water partition coefficient (Wildman–Crippen LogP) is 10.5. The summed E-state index contributed by atoms with van der Waals surface area (Å²) in [5.41, 5.74) is 16.9. The monoisotopic (exact) mass is 712 g/mol. The normalized spacial score (nSPS) is 16.5. The molecule has 4 nitrogen and oxygen atoms in total. The van der Waals surface area contributed by atoms with Crippen molar-refractivity contribution in [1.29, 1.82) is 0 Å². The van der Waals surface area contributed by atoms with E-state index in [9.17, 15) is 0 Å². The molecule has 0 saturated heterocycles. The average Bonchev–Trinajstić information content (AvgIpc) is 3.39. The third-order valence-corrected chi connectivity index (χ3v) is 12.6. The smallest absolute Gasteiger partial charge is 0.251 e. The molecule has 7 aromatic rings. The van der Waals surface area contributed by atoms with Gasteiger partial charge in [-0.1, -0.05) is 144 Å². The van der Waals surface area contributed by atoms with E-state index in [1.807, 2.05) is 0 Å². The minimum Gasteiger partial charge on any atom is -0.310 e. The van der Waals surface area contributed by atoms with Crippen molar-refractivity contribution >= 4 is 57.4 Å². The molecule has 3 heterocycles. The summed E-state index contributed by atoms with van der Waals surface area (Å²) in [6.07, 6.45) is 2.91. The van der Waals surface area contributed by atoms with Gasteiger partial charge in [0.05, 0.1) is 5.69 Å². The van der Waals surface area contributed by atoms with Gasteiger partial charge in [-0.15, -0.1) is 0 Å². The van der Waals surface area contributed by atoms with Crippen molar-refractivity contribution in [2.24, 2.45) is 0 Å². The highest BCUT2D eigenvalue weighted by Crippen LogP contribution is 2.52. The van der Waals surface area contributed by atoms with Crippen LogP contribution < -0.4 is 26.2 Å². The highest BCUT2D eigenvalue weighted by atomic mass is 15.2. The Balaban J connectivity index is 1.24. The van der Waals surface area contributed by atoms with Gasteiger partial charge in [-0.05, 0) is 105 Å². The number of anilines is 6. The Kier molecular flexibility index (Phi) is 7.36. The molecule has 5 heteroatoms. The lowest BCUT2D eigenvalue weighted by Gasteiger charge is -2.44. The molecule has 0 bridgehead atoms. The van der Waals surface area contributed by atoms with Gasteiger partial charge in [-0.25, -0.2) is 9.97 Å². The first-order valence-electron chi connectivity index (χ1n) is 19.6. The van der Waals surface area contributed by atoms with Gasteiger partial charge in [0, 0.05) is 33.9 Å². The molecule has 268 valence electrons. The van der Waals surface area contributed by atoms with Crippen LogP contribution in [0.2, 0.25) is 0 Å². The number of para-hydroxylation sites is 2. The van der Waals surface area contributed by atoms with Crippen molar-refractivity contribution in [3.8, 4) is 11.1 Å². The van der Waals surface area contributed by atoms with Crippen molar-refractivity contribution in [1.82, 2.24) is 9.97 Å². The number of hydrogen-bond acceptors (Lipinski definition) is 4. The zero-order chi connectivity index (χ0) is 37.7. The number of aromatic nitrogens is 2. The number of nitrogens with zero attached hydrogens (tertiary/aromatic N) is 4. The summed E-state index contributed by atoms with van der Waals surface area (Å²) in [4.78, 5) is 15.2. The molecule has 0 spiro atoms. The molecule has 0 atom stereocenters. The maximum Gasteiger partial charge on any atom is 0.251 e. The molecule has 0 unspecified atom stereocenters. The average molecular weight is 713 g/mol. The van der Waals surface area contributed by atoms with Gasteiger partial charge in [0.2, 0.25) is 0 Å². The molecule has 1 aromatic heterocycles. The second-order valence-electron chi connectivity index (χ2n) is 17.4. The Bertz CT molecular complexity index is 2570. The number of hydrogen-bond donors (Lipinski definition) is 0. The van der Waals surface area contributed by atoms with E-state index in [4.69, 9.17) is 9.97 Å². The Morgan fingerprint density at radius 2 is 1.18 bits per heavy atom. The lowest BCUT2D eigenvalue weighted by molar-refractivity contribution is 0.403. The number of rotatable bonds is 5. The standard InChI is InChI=1S/C50H45BN4/c1-48(2)31-49(3,4)40-29-37(23-25-39(40)48)55-44-30-38(54(35-18-12-8-13-19-35)36-20-14-9-15-21-36)24-27-43(44)51-42-26-22-34(33-16-10-7-11-17-33)28-41(42)50(5,6)46-45(51)47(55)53-32-52-46/h7-30,32H,31H2,1-6H3. The highest BCUT2D eigenvalue weighted by molar-refractivity contribution is 6.98. The molecule has 0 radical (unpaired) electrons. The molecule has 0 saturated carbocycles. The minimum atomic E-state index is -0.339. The zero-order valence-electron chi connectivity index (χ0n) is 32.5. The van der Waals surface area contributed by atoms with Crippen LogP contribution in [0.25, 0.3) is 11.1 Å². The largest absolute Gasteiger partial charge is 0.310 e. The first kappa shape index (κ1) is 33.6. The summed E-state index contributed by atoms with van der Waals surface area (Å²) < 4.78 is 0. The Morgan fingerprint density at radius 1 is 0.545 bits per heavy atom. The third kappa shape index (κ3) is 5.13. The molecular formula is C50H45BN4. The predicted molar refractivity (Wildman–Crippen MR) is 231 cm³/mol. The molecule has 6 aromatic carbocycles. The van der Waals surface area contributed by atoms with Crippen molar-refractivity contribution in [3.05, 3.63) is 174 Å². The van der Waals surface area contributed by atoms with Crippen LogP contribution in [0, 0.1) is 0 Å². The fourth-order valence-electron chi connectivity index (χ4n) is 10.3. The van der Waals surface area contributed by atoms with Crippen molar-refractivity contribution in [3.63, 3.8) is 0 Å². The van der Waals surface area contributed by atoms with E-state index >= 15 is 0 Å². The maximum absolute atomic E-state index is 5.22. The summed E-state index contributed by atoms with van der Waals surface area (Å²) in [7, 11) is 0. The van der Waals surface area contributed by atoms with Crippen LogP contribution in [0.3, 0.4) is 0 Å². The Hall–Kier alpha value is -5.94. The topological polar surface area (TPSA) is 32.3 Å². The van der Waals surface area contributed by atoms with Gasteiger partial charge in [0.25, 0.3) is 6.71 Å². The van der Waals surface area contributed by atoms with Crippen LogP contribution >= 0.6 is 0 Å². The van der Waals surface area contributed by atoms with Gasteiger partial charge in [-0.3, -0.25) is 4.90 Å². The van der Waals surface area contributed by atoms with Gasteiger partial charge >= 0.3 is 0 Å². The molecule has 0 fully saturated rings. The lowest BCUT2D eigenvalue weighted by Crippen LogP contribution is -2.64. The maximum atomic E-state index is 5.22. The zero-order valence-corrected chi connectivity index (χ0v) is 32.5. The molecular weight excluding hydrogens is 667 g/mol. The number of fused-ring (bicyclic) bond motifs is 5. The summed E-state index contributed by atoms with van der Waals surface area (Å²) in [5, 5.41) is 0. The van der Waals surface area contributed by atoms with Crippen LogP contribution in [-0.2, 0) is 16.2 Å². The van der Waals surface area contributed by atoms with Gasteiger partial charge in [-0.2, -0.15) is 0 Å². The van der Waals surface area contributed by atoms with E-state index in [1.54, 1.807) is 6.33 Å². The van der Waals surface area contributed by atoms with E-state index in [2.05, 4.69) is 197 Å². The molecule has 10 rings (SSSR count). The van der Waals surface area contributed by atoms with Gasteiger partial charge in [0.15, 0.2) is 0 Å². The highest BCUT2D eigenvalue weighted by Gasteiger charge is 2.48. The quantitative estimate of drug-likeness (QED) is 0.166. The van der Waals surface area contributed by atoms with Crippen molar-refractivity contribution in [2.45, 2.75) is 64.2 Å². The first-order chi connectivity index (χ1) is 26.5. The second kappa shape index (κ2) is 12.0. The molecule has 2 aliphatic heterocycles. The summed E-state index contributed by atoms with van der Waals surface area (Å²) in [5.74, 6) is 0.964. The minimum absolute atomic E-state index is 0.0222. The van der Waals surface area contributed by atoms with Crippen molar-refractivity contribution in [2.75, 3.05) is 9.80 Å². The van der Waals surface area contributed by atoms with Crippen LogP contribution in [0.4, 0.5) is 34.3 Å². The third-order valence-electron chi connectivity index (χ3n) is 12.6. The first-order valence-corrected chi connectivity index (χ1v) is 19.6. The van der Waals surface area contributed by atoms with Crippen LogP contribution in [0.5, 0.6) is 0 Å². The van der Waals surface area contributed by atoms with Gasteiger partial charge < -0.3 is 4.90 Å². The van der Waals surface area contributed by atoms with Crippen LogP contribution in [-0.4, -0.2) is 16.7 Å². The fraction of sp³-hybridized carbons (Fsp3) is 0.200. The van der Waals surface area contributed by atoms with E-state index in [-0.39, 0.29) is 23.0 Å². The Morgan fingerprint density at radius 3 is 1.87 bits per heavy atom. The van der Waals surface area contributed by atoms with Crippen molar-refractivity contribution < 1.29 is 0 Å². The Labute approximate surface area is 325 Å². The fourth-order valence-corrected chi connectivity index (χ4v) is 10.3. The van der Waals surface area contributed by atoms with E-state index in [0.717, 1.165) is 46.4 Å². The second-order valence-corrected chi connectivity index (χ2v) is 17.4. The molecule has 0 N–H and O–H groups in total. The number of benzene rings is 6. The molecule has 55 heavy (non-hydrogen) atoms. The SMILES string of the molecule is CC1(C)CC(C)(C)c2cc(N3c4cc(N(c5ccccc5)c5ccccc5)ccc4B4c5ccc(-c6ccccc6)cc5C(C)(C)c5ncnc3c54)ccc21. The summed E-state index contributed by atoms with van der Waals surface area (Å²) in [6.45, 7) is 14.2. The van der Waals surface area contributed by atoms with E-state index in [0.29, 0.717) is 0 Å². The van der Waals surface area contributed by atoms with E-state index < -0.39 is 0 Å². The molecule has 1 aliphatic carbocycles. The van der Waals surface area contributed by atoms with E-state index in [1.165, 1.54) is 44.2 Å². The summed E-state index contributed by atoms with van der Waals surface area (Å²) in [6, 6.07) is 53.4. The van der Waals surface area contributed by atoms with Gasteiger partial charge in [0.1, 0.15) is 12.1 Å².